The molecule has 0 bridgehead atoms. The van der Waals surface area contributed by atoms with Gasteiger partial charge in [0.2, 0.25) is 5.95 Å². The molecule has 128 valence electrons. The summed E-state index contributed by atoms with van der Waals surface area (Å²) in [5, 5.41) is 23.6. The van der Waals surface area contributed by atoms with Gasteiger partial charge in [0, 0.05) is 17.3 Å². The van der Waals surface area contributed by atoms with Crippen LogP contribution in [0.5, 0.6) is 5.75 Å². The fourth-order valence-electron chi connectivity index (χ4n) is 2.35. The SMILES string of the molecule is CCC(C)(O)COc1cc(-c2ccc(F)nc2)c2c(C#N)cnn2c1. The third-order valence-electron chi connectivity index (χ3n) is 4.06. The lowest BCUT2D eigenvalue weighted by molar-refractivity contribution is 0.00833. The summed E-state index contributed by atoms with van der Waals surface area (Å²) in [5.74, 6) is -0.103. The topological polar surface area (TPSA) is 83.4 Å². The molecule has 0 amide bonds. The molecule has 0 aliphatic rings. The summed E-state index contributed by atoms with van der Waals surface area (Å²) in [6.45, 7) is 3.68. The smallest absolute Gasteiger partial charge is 0.212 e. The lowest BCUT2D eigenvalue weighted by Gasteiger charge is -2.21. The molecule has 0 radical (unpaired) electrons. The molecule has 0 spiro atoms. The summed E-state index contributed by atoms with van der Waals surface area (Å²) in [4.78, 5) is 3.67. The molecule has 0 saturated carbocycles. The summed E-state index contributed by atoms with van der Waals surface area (Å²) in [6.07, 6.45) is 5.04. The zero-order chi connectivity index (χ0) is 18.0. The lowest BCUT2D eigenvalue weighted by atomic mass is 10.0. The predicted octanol–water partition coefficient (Wildman–Crippen LogP) is 2.95. The van der Waals surface area contributed by atoms with Crippen molar-refractivity contribution in [3.63, 3.8) is 0 Å². The molecule has 1 atom stereocenters. The lowest BCUT2D eigenvalue weighted by Crippen LogP contribution is -2.31. The normalized spacial score (nSPS) is 13.4. The Labute approximate surface area is 144 Å². The van der Waals surface area contributed by atoms with Crippen LogP contribution in [0, 0.1) is 17.3 Å². The van der Waals surface area contributed by atoms with Gasteiger partial charge in [0.15, 0.2) is 0 Å². The molecule has 3 heterocycles. The van der Waals surface area contributed by atoms with Gasteiger partial charge in [-0.2, -0.15) is 14.8 Å². The van der Waals surface area contributed by atoms with Crippen molar-refractivity contribution < 1.29 is 14.2 Å². The van der Waals surface area contributed by atoms with Gasteiger partial charge in [-0.3, -0.25) is 0 Å². The minimum atomic E-state index is -0.950. The molecule has 3 aromatic heterocycles. The van der Waals surface area contributed by atoms with Gasteiger partial charge in [-0.1, -0.05) is 6.92 Å². The third-order valence-corrected chi connectivity index (χ3v) is 4.06. The summed E-state index contributed by atoms with van der Waals surface area (Å²) >= 11 is 0. The number of rotatable bonds is 5. The van der Waals surface area contributed by atoms with E-state index in [-0.39, 0.29) is 6.61 Å². The van der Waals surface area contributed by atoms with E-state index in [0.717, 1.165) is 0 Å². The molecule has 25 heavy (non-hydrogen) atoms. The fraction of sp³-hybridized carbons (Fsp3) is 0.278. The van der Waals surface area contributed by atoms with E-state index < -0.39 is 11.5 Å². The molecule has 0 aromatic carbocycles. The minimum Gasteiger partial charge on any atom is -0.489 e. The summed E-state index contributed by atoms with van der Waals surface area (Å²) in [7, 11) is 0. The van der Waals surface area contributed by atoms with E-state index in [1.54, 1.807) is 25.3 Å². The number of nitriles is 1. The van der Waals surface area contributed by atoms with E-state index >= 15 is 0 Å². The quantitative estimate of drug-likeness (QED) is 0.722. The Morgan fingerprint density at radius 2 is 2.20 bits per heavy atom. The Kier molecular flexibility index (Phi) is 4.38. The van der Waals surface area contributed by atoms with Gasteiger partial charge in [-0.05, 0) is 31.5 Å². The van der Waals surface area contributed by atoms with Gasteiger partial charge in [-0.15, -0.1) is 0 Å². The molecule has 0 saturated heterocycles. The van der Waals surface area contributed by atoms with Gasteiger partial charge in [-0.25, -0.2) is 9.50 Å². The number of aromatic nitrogens is 3. The van der Waals surface area contributed by atoms with Crippen LogP contribution in [0.1, 0.15) is 25.8 Å². The van der Waals surface area contributed by atoms with E-state index in [2.05, 4.69) is 16.2 Å². The second-order valence-corrected chi connectivity index (χ2v) is 6.06. The van der Waals surface area contributed by atoms with Crippen molar-refractivity contribution in [3.05, 3.63) is 48.3 Å². The van der Waals surface area contributed by atoms with Crippen LogP contribution in [0.15, 0.2) is 36.8 Å². The molecule has 6 nitrogen and oxygen atoms in total. The number of fused-ring (bicyclic) bond motifs is 1. The molecule has 0 fully saturated rings. The zero-order valence-electron chi connectivity index (χ0n) is 13.9. The highest BCUT2D eigenvalue weighted by Crippen LogP contribution is 2.30. The number of hydrogen-bond acceptors (Lipinski definition) is 5. The number of aliphatic hydroxyl groups is 1. The molecule has 0 aliphatic heterocycles. The number of halogens is 1. The van der Waals surface area contributed by atoms with E-state index in [9.17, 15) is 14.8 Å². The maximum atomic E-state index is 13.1. The largest absolute Gasteiger partial charge is 0.489 e. The first-order valence-electron chi connectivity index (χ1n) is 7.82. The van der Waals surface area contributed by atoms with Crippen molar-refractivity contribution in [1.29, 1.82) is 5.26 Å². The average Bonchev–Trinajstić information content (AvgIpc) is 3.03. The van der Waals surface area contributed by atoms with Gasteiger partial charge in [0.1, 0.15) is 18.4 Å². The van der Waals surface area contributed by atoms with Crippen molar-refractivity contribution in [2.45, 2.75) is 25.9 Å². The van der Waals surface area contributed by atoms with Gasteiger partial charge >= 0.3 is 0 Å². The van der Waals surface area contributed by atoms with E-state index in [0.29, 0.717) is 34.4 Å². The fourth-order valence-corrected chi connectivity index (χ4v) is 2.35. The first kappa shape index (κ1) is 16.9. The van der Waals surface area contributed by atoms with Crippen molar-refractivity contribution in [3.8, 4) is 22.9 Å². The second-order valence-electron chi connectivity index (χ2n) is 6.06. The molecule has 7 heteroatoms. The predicted molar refractivity (Wildman–Crippen MR) is 89.5 cm³/mol. The number of ether oxygens (including phenoxy) is 1. The highest BCUT2D eigenvalue weighted by molar-refractivity contribution is 5.84. The summed E-state index contributed by atoms with van der Waals surface area (Å²) in [5.41, 5.74) is 1.32. The molecular formula is C18H17FN4O2. The Hall–Kier alpha value is -2.98. The molecule has 0 aliphatic carbocycles. The Balaban J connectivity index is 2.10. The van der Waals surface area contributed by atoms with Crippen LogP contribution in [-0.4, -0.2) is 31.9 Å². The van der Waals surface area contributed by atoms with Crippen LogP contribution in [0.2, 0.25) is 0 Å². The zero-order valence-corrected chi connectivity index (χ0v) is 13.9. The Morgan fingerprint density at radius 1 is 1.40 bits per heavy atom. The van der Waals surface area contributed by atoms with Crippen LogP contribution in [0.4, 0.5) is 4.39 Å². The van der Waals surface area contributed by atoms with E-state index in [1.807, 2.05) is 6.92 Å². The van der Waals surface area contributed by atoms with E-state index in [1.165, 1.54) is 23.0 Å². The van der Waals surface area contributed by atoms with Crippen molar-refractivity contribution in [2.24, 2.45) is 0 Å². The van der Waals surface area contributed by atoms with Crippen LogP contribution in [-0.2, 0) is 0 Å². The molecule has 3 aromatic rings. The number of nitrogens with zero attached hydrogens (tertiary/aromatic N) is 4. The third kappa shape index (κ3) is 3.44. The van der Waals surface area contributed by atoms with Gasteiger partial charge in [0.05, 0.1) is 29.1 Å². The molecule has 1 unspecified atom stereocenters. The molecule has 1 N–H and O–H groups in total. The van der Waals surface area contributed by atoms with E-state index in [4.69, 9.17) is 4.74 Å². The highest BCUT2D eigenvalue weighted by Gasteiger charge is 2.20. The highest BCUT2D eigenvalue weighted by atomic mass is 19.1. The maximum Gasteiger partial charge on any atom is 0.212 e. The average molecular weight is 340 g/mol. The van der Waals surface area contributed by atoms with Crippen LogP contribution < -0.4 is 4.74 Å². The number of hydrogen-bond donors (Lipinski definition) is 1. The second kappa shape index (κ2) is 6.49. The first-order valence-corrected chi connectivity index (χ1v) is 7.82. The Bertz CT molecular complexity index is 942. The maximum absolute atomic E-state index is 13.1. The van der Waals surface area contributed by atoms with Crippen molar-refractivity contribution >= 4 is 5.52 Å². The summed E-state index contributed by atoms with van der Waals surface area (Å²) < 4.78 is 20.4. The van der Waals surface area contributed by atoms with Crippen molar-refractivity contribution in [1.82, 2.24) is 14.6 Å². The standard InChI is InChI=1S/C18H17FN4O2/c1-3-18(2,24)11-25-14-6-15(12-4-5-16(19)21-8-12)17-13(7-20)9-22-23(17)10-14/h4-6,8-10,24H,3,11H2,1-2H3. The monoisotopic (exact) mass is 340 g/mol. The number of pyridine rings is 2. The molecule has 3 rings (SSSR count). The minimum absolute atomic E-state index is 0.114. The van der Waals surface area contributed by atoms with Crippen LogP contribution >= 0.6 is 0 Å². The van der Waals surface area contributed by atoms with Gasteiger partial charge < -0.3 is 9.84 Å². The molecular weight excluding hydrogens is 323 g/mol. The van der Waals surface area contributed by atoms with Crippen LogP contribution in [0.3, 0.4) is 0 Å². The summed E-state index contributed by atoms with van der Waals surface area (Å²) in [6, 6.07) is 6.67. The van der Waals surface area contributed by atoms with Crippen molar-refractivity contribution in [2.75, 3.05) is 6.61 Å². The van der Waals surface area contributed by atoms with Crippen LogP contribution in [0.25, 0.3) is 16.6 Å². The first-order chi connectivity index (χ1) is 11.9. The van der Waals surface area contributed by atoms with Gasteiger partial charge in [0.25, 0.3) is 0 Å². The Morgan fingerprint density at radius 3 is 2.84 bits per heavy atom.